The van der Waals surface area contributed by atoms with Gasteiger partial charge in [-0.2, -0.15) is 0 Å². The summed E-state index contributed by atoms with van der Waals surface area (Å²) in [7, 11) is 0. The van der Waals surface area contributed by atoms with Crippen LogP contribution in [0.3, 0.4) is 0 Å². The Morgan fingerprint density at radius 3 is 2.14 bits per heavy atom. The third-order valence-corrected chi connectivity index (χ3v) is 3.01. The smallest absolute Gasteiger partial charge is 0.256 e. The average molecular weight is 275 g/mol. The van der Waals surface area contributed by atoms with Crippen molar-refractivity contribution < 1.29 is 4.79 Å². The van der Waals surface area contributed by atoms with Crippen molar-refractivity contribution in [3.05, 3.63) is 78.6 Å². The molecule has 21 heavy (non-hydrogen) atoms. The molecule has 0 aliphatic rings. The molecule has 0 bridgehead atoms. The van der Waals surface area contributed by atoms with E-state index < -0.39 is 0 Å². The summed E-state index contributed by atoms with van der Waals surface area (Å²) < 4.78 is 0. The first-order valence-electron chi connectivity index (χ1n) is 6.57. The Labute approximate surface area is 122 Å². The third kappa shape index (κ3) is 3.12. The van der Waals surface area contributed by atoms with Gasteiger partial charge in [0, 0.05) is 23.5 Å². The molecule has 0 spiro atoms. The fraction of sp³-hybridized carbons (Fsp3) is 0. The second-order valence-corrected chi connectivity index (χ2v) is 4.46. The first-order valence-corrected chi connectivity index (χ1v) is 6.57. The highest BCUT2D eigenvalue weighted by Gasteiger charge is 2.07. The minimum atomic E-state index is -0.179. The van der Waals surface area contributed by atoms with E-state index in [0.29, 0.717) is 11.4 Å². The lowest BCUT2D eigenvalue weighted by Gasteiger charge is -2.05. The summed E-state index contributed by atoms with van der Waals surface area (Å²) in [5.74, 6) is 0.359. The molecule has 0 unspecified atom stereocenters. The maximum atomic E-state index is 12.1. The maximum Gasteiger partial charge on any atom is 0.256 e. The first-order chi connectivity index (χ1) is 10.3. The average Bonchev–Trinajstić information content (AvgIpc) is 2.57. The molecule has 4 heteroatoms. The van der Waals surface area contributed by atoms with Gasteiger partial charge >= 0.3 is 0 Å². The molecule has 0 saturated heterocycles. The topological polar surface area (TPSA) is 54.9 Å². The monoisotopic (exact) mass is 275 g/mol. The van der Waals surface area contributed by atoms with Crippen LogP contribution < -0.4 is 5.32 Å². The molecule has 0 saturated carbocycles. The van der Waals surface area contributed by atoms with Crippen LogP contribution in [-0.4, -0.2) is 15.9 Å². The molecule has 1 aromatic carbocycles. The van der Waals surface area contributed by atoms with Crippen molar-refractivity contribution in [3.8, 4) is 11.3 Å². The number of anilines is 1. The van der Waals surface area contributed by atoms with Crippen LogP contribution in [0.25, 0.3) is 11.3 Å². The minimum Gasteiger partial charge on any atom is -0.307 e. The van der Waals surface area contributed by atoms with Crippen LogP contribution >= 0.6 is 0 Å². The molecule has 2 aromatic heterocycles. The van der Waals surface area contributed by atoms with E-state index in [-0.39, 0.29) is 5.91 Å². The Morgan fingerprint density at radius 2 is 1.52 bits per heavy atom. The van der Waals surface area contributed by atoms with Crippen LogP contribution in [0.4, 0.5) is 5.82 Å². The van der Waals surface area contributed by atoms with Gasteiger partial charge in [0.25, 0.3) is 5.91 Å². The number of rotatable bonds is 3. The standard InChI is InChI=1S/C17H13N3O/c21-17(20-16-6-2-4-12-19-16)14-9-7-13(8-10-14)15-5-1-3-11-18-15/h1-12H,(H,19,20,21). The summed E-state index contributed by atoms with van der Waals surface area (Å²) in [6.07, 6.45) is 3.39. The summed E-state index contributed by atoms with van der Waals surface area (Å²) in [4.78, 5) is 20.4. The van der Waals surface area contributed by atoms with Crippen molar-refractivity contribution in [2.75, 3.05) is 5.32 Å². The van der Waals surface area contributed by atoms with Gasteiger partial charge in [0.1, 0.15) is 5.82 Å². The van der Waals surface area contributed by atoms with Gasteiger partial charge in [0.15, 0.2) is 0 Å². The number of hydrogen-bond acceptors (Lipinski definition) is 3. The number of benzene rings is 1. The summed E-state index contributed by atoms with van der Waals surface area (Å²) in [6.45, 7) is 0. The van der Waals surface area contributed by atoms with Crippen LogP contribution in [0.2, 0.25) is 0 Å². The quantitative estimate of drug-likeness (QED) is 0.797. The largest absolute Gasteiger partial charge is 0.307 e. The van der Waals surface area contributed by atoms with Crippen molar-refractivity contribution >= 4 is 11.7 Å². The predicted octanol–water partition coefficient (Wildman–Crippen LogP) is 3.40. The van der Waals surface area contributed by atoms with Gasteiger partial charge in [-0.15, -0.1) is 0 Å². The number of carbonyl (C=O) groups is 1. The van der Waals surface area contributed by atoms with E-state index in [1.54, 1.807) is 36.7 Å². The Hall–Kier alpha value is -3.01. The zero-order chi connectivity index (χ0) is 14.5. The molecule has 0 aliphatic heterocycles. The molecule has 0 fully saturated rings. The minimum absolute atomic E-state index is 0.179. The van der Waals surface area contributed by atoms with Crippen LogP contribution in [-0.2, 0) is 0 Å². The molecular formula is C17H13N3O. The lowest BCUT2D eigenvalue weighted by molar-refractivity contribution is 0.102. The van der Waals surface area contributed by atoms with Crippen LogP contribution in [0.1, 0.15) is 10.4 Å². The van der Waals surface area contributed by atoms with E-state index in [1.165, 1.54) is 0 Å². The van der Waals surface area contributed by atoms with Crippen LogP contribution in [0, 0.1) is 0 Å². The number of nitrogens with one attached hydrogen (secondary N) is 1. The second-order valence-electron chi connectivity index (χ2n) is 4.46. The molecule has 0 aliphatic carbocycles. The van der Waals surface area contributed by atoms with E-state index in [2.05, 4.69) is 15.3 Å². The lowest BCUT2D eigenvalue weighted by atomic mass is 10.1. The summed E-state index contributed by atoms with van der Waals surface area (Å²) in [6, 6.07) is 18.4. The fourth-order valence-electron chi connectivity index (χ4n) is 1.95. The molecule has 4 nitrogen and oxygen atoms in total. The molecule has 1 N–H and O–H groups in total. The van der Waals surface area contributed by atoms with Gasteiger partial charge in [0.05, 0.1) is 5.69 Å². The molecule has 3 rings (SSSR count). The first kappa shape index (κ1) is 13.0. The molecule has 2 heterocycles. The van der Waals surface area contributed by atoms with Gasteiger partial charge in [-0.25, -0.2) is 4.98 Å². The number of nitrogens with zero attached hydrogens (tertiary/aromatic N) is 2. The van der Waals surface area contributed by atoms with E-state index in [9.17, 15) is 4.79 Å². The Morgan fingerprint density at radius 1 is 0.810 bits per heavy atom. The van der Waals surface area contributed by atoms with Gasteiger partial charge in [-0.3, -0.25) is 9.78 Å². The Balaban J connectivity index is 1.77. The third-order valence-electron chi connectivity index (χ3n) is 3.01. The number of amides is 1. The maximum absolute atomic E-state index is 12.1. The van der Waals surface area contributed by atoms with E-state index in [0.717, 1.165) is 11.3 Å². The van der Waals surface area contributed by atoms with E-state index >= 15 is 0 Å². The van der Waals surface area contributed by atoms with Gasteiger partial charge in [0.2, 0.25) is 0 Å². The van der Waals surface area contributed by atoms with Crippen molar-refractivity contribution in [2.24, 2.45) is 0 Å². The van der Waals surface area contributed by atoms with Gasteiger partial charge < -0.3 is 5.32 Å². The Kier molecular flexibility index (Phi) is 3.69. The number of carbonyl (C=O) groups excluding carboxylic acids is 1. The number of pyridine rings is 2. The molecule has 0 atom stereocenters. The van der Waals surface area contributed by atoms with Gasteiger partial charge in [-0.05, 0) is 36.4 Å². The molecule has 0 radical (unpaired) electrons. The predicted molar refractivity (Wildman–Crippen MR) is 81.9 cm³/mol. The van der Waals surface area contributed by atoms with Crippen molar-refractivity contribution in [3.63, 3.8) is 0 Å². The highest BCUT2D eigenvalue weighted by atomic mass is 16.1. The summed E-state index contributed by atoms with van der Waals surface area (Å²) >= 11 is 0. The molecule has 102 valence electrons. The highest BCUT2D eigenvalue weighted by molar-refractivity contribution is 6.03. The van der Waals surface area contributed by atoms with E-state index in [1.807, 2.05) is 36.4 Å². The second kappa shape index (κ2) is 5.96. The SMILES string of the molecule is O=C(Nc1ccccn1)c1ccc(-c2ccccn2)cc1. The van der Waals surface area contributed by atoms with Crippen LogP contribution in [0.15, 0.2) is 73.1 Å². The molecular weight excluding hydrogens is 262 g/mol. The molecule has 3 aromatic rings. The fourth-order valence-corrected chi connectivity index (χ4v) is 1.95. The van der Waals surface area contributed by atoms with Crippen molar-refractivity contribution in [2.45, 2.75) is 0 Å². The van der Waals surface area contributed by atoms with Crippen molar-refractivity contribution in [1.82, 2.24) is 9.97 Å². The van der Waals surface area contributed by atoms with Crippen LogP contribution in [0.5, 0.6) is 0 Å². The number of aromatic nitrogens is 2. The van der Waals surface area contributed by atoms with E-state index in [4.69, 9.17) is 0 Å². The Bertz CT molecular complexity index is 725. The summed E-state index contributed by atoms with van der Waals surface area (Å²) in [5.41, 5.74) is 2.44. The summed E-state index contributed by atoms with van der Waals surface area (Å²) in [5, 5.41) is 2.75. The normalized spacial score (nSPS) is 10.1. The molecule has 1 amide bonds. The zero-order valence-electron chi connectivity index (χ0n) is 11.2. The van der Waals surface area contributed by atoms with Crippen molar-refractivity contribution in [1.29, 1.82) is 0 Å². The van der Waals surface area contributed by atoms with Gasteiger partial charge in [-0.1, -0.05) is 24.3 Å². The zero-order valence-corrected chi connectivity index (χ0v) is 11.2. The number of hydrogen-bond donors (Lipinski definition) is 1. The highest BCUT2D eigenvalue weighted by Crippen LogP contribution is 2.17. The lowest BCUT2D eigenvalue weighted by Crippen LogP contribution is -2.12.